The van der Waals surface area contributed by atoms with Crippen LogP contribution in [0.15, 0.2) is 0 Å². The highest BCUT2D eigenvalue weighted by Crippen LogP contribution is 2.50. The first-order valence-corrected chi connectivity index (χ1v) is 4.07. The highest BCUT2D eigenvalue weighted by atomic mass is 16.5. The lowest BCUT2D eigenvalue weighted by molar-refractivity contribution is -0.163. The molecule has 0 amide bonds. The van der Waals surface area contributed by atoms with Crippen molar-refractivity contribution in [1.82, 2.24) is 0 Å². The Morgan fingerprint density at radius 3 is 2.50 bits per heavy atom. The minimum atomic E-state index is -0.213. The van der Waals surface area contributed by atoms with Crippen LogP contribution in [-0.2, 0) is 14.3 Å². The second-order valence-electron chi connectivity index (χ2n) is 3.88. The molecular formula is C9H14O3. The molecule has 12 heavy (non-hydrogen) atoms. The minimum Gasteiger partial charge on any atom is -0.469 e. The molecule has 1 rings (SSSR count). The Bertz CT molecular complexity index is 208. The summed E-state index contributed by atoms with van der Waals surface area (Å²) in [7, 11) is 1.38. The van der Waals surface area contributed by atoms with Gasteiger partial charge in [-0.15, -0.1) is 0 Å². The van der Waals surface area contributed by atoms with Crippen LogP contribution in [0.4, 0.5) is 0 Å². The maximum Gasteiger partial charge on any atom is 0.309 e. The third kappa shape index (κ3) is 1.13. The van der Waals surface area contributed by atoms with E-state index < -0.39 is 0 Å². The molecule has 1 aliphatic carbocycles. The summed E-state index contributed by atoms with van der Waals surface area (Å²) >= 11 is 0. The summed E-state index contributed by atoms with van der Waals surface area (Å²) in [6.45, 7) is 3.86. The fraction of sp³-hybridized carbons (Fsp3) is 0.778. The second-order valence-corrected chi connectivity index (χ2v) is 3.88. The number of hydrogen-bond donors (Lipinski definition) is 0. The Kier molecular flexibility index (Phi) is 2.22. The molecule has 0 aromatic rings. The van der Waals surface area contributed by atoms with Gasteiger partial charge in [0.1, 0.15) is 6.29 Å². The zero-order valence-electron chi connectivity index (χ0n) is 7.66. The van der Waals surface area contributed by atoms with Crippen molar-refractivity contribution in [1.29, 1.82) is 0 Å². The third-order valence-corrected chi connectivity index (χ3v) is 2.99. The van der Waals surface area contributed by atoms with Crippen LogP contribution in [0.25, 0.3) is 0 Å². The van der Waals surface area contributed by atoms with E-state index in [1.807, 2.05) is 13.8 Å². The molecule has 0 bridgehead atoms. The molecule has 0 saturated heterocycles. The van der Waals surface area contributed by atoms with Crippen molar-refractivity contribution in [2.75, 3.05) is 7.11 Å². The molecular weight excluding hydrogens is 156 g/mol. The third-order valence-electron chi connectivity index (χ3n) is 2.99. The summed E-state index contributed by atoms with van der Waals surface area (Å²) < 4.78 is 4.63. The fourth-order valence-corrected chi connectivity index (χ4v) is 1.73. The average Bonchev–Trinajstić information content (AvgIpc) is 2.03. The molecule has 1 saturated carbocycles. The molecule has 68 valence electrons. The molecule has 2 atom stereocenters. The van der Waals surface area contributed by atoms with E-state index >= 15 is 0 Å². The molecule has 3 nitrogen and oxygen atoms in total. The first kappa shape index (κ1) is 9.23. The van der Waals surface area contributed by atoms with Crippen LogP contribution in [0.2, 0.25) is 0 Å². The van der Waals surface area contributed by atoms with Crippen LogP contribution < -0.4 is 0 Å². The highest BCUT2D eigenvalue weighted by Gasteiger charge is 2.52. The van der Waals surface area contributed by atoms with E-state index in [1.54, 1.807) is 0 Å². The van der Waals surface area contributed by atoms with Gasteiger partial charge in [-0.05, 0) is 11.8 Å². The highest BCUT2D eigenvalue weighted by molar-refractivity contribution is 5.77. The van der Waals surface area contributed by atoms with Crippen LogP contribution in [-0.4, -0.2) is 19.4 Å². The van der Waals surface area contributed by atoms with Gasteiger partial charge in [0.2, 0.25) is 0 Å². The lowest BCUT2D eigenvalue weighted by Gasteiger charge is -2.47. The van der Waals surface area contributed by atoms with Gasteiger partial charge in [-0.1, -0.05) is 13.8 Å². The van der Waals surface area contributed by atoms with Gasteiger partial charge >= 0.3 is 5.97 Å². The number of methoxy groups -OCH3 is 1. The quantitative estimate of drug-likeness (QED) is 0.459. The number of aldehydes is 1. The maximum absolute atomic E-state index is 11.1. The molecule has 1 aliphatic rings. The van der Waals surface area contributed by atoms with Gasteiger partial charge in [0, 0.05) is 5.92 Å². The molecule has 0 unspecified atom stereocenters. The first-order valence-electron chi connectivity index (χ1n) is 4.07. The zero-order valence-corrected chi connectivity index (χ0v) is 7.66. The molecule has 0 heterocycles. The molecule has 1 fully saturated rings. The Hall–Kier alpha value is -0.860. The van der Waals surface area contributed by atoms with E-state index in [0.29, 0.717) is 6.42 Å². The van der Waals surface area contributed by atoms with Crippen molar-refractivity contribution in [2.24, 2.45) is 17.3 Å². The summed E-state index contributed by atoms with van der Waals surface area (Å²) in [5.41, 5.74) is -0.213. The van der Waals surface area contributed by atoms with Crippen molar-refractivity contribution in [3.8, 4) is 0 Å². The van der Waals surface area contributed by atoms with E-state index in [0.717, 1.165) is 6.29 Å². The standard InChI is InChI=1S/C9H14O3/c1-9(2)6(5-10)4-7(9)8(11)12-3/h5-7H,4H2,1-3H3/t6-,7+/m0/s1. The van der Waals surface area contributed by atoms with Crippen LogP contribution in [0.1, 0.15) is 20.3 Å². The number of ether oxygens (including phenoxy) is 1. The minimum absolute atomic E-state index is 0.0154. The van der Waals surface area contributed by atoms with E-state index in [-0.39, 0.29) is 23.2 Å². The van der Waals surface area contributed by atoms with Gasteiger partial charge in [0.15, 0.2) is 0 Å². The van der Waals surface area contributed by atoms with Gasteiger partial charge in [-0.2, -0.15) is 0 Å². The van der Waals surface area contributed by atoms with E-state index in [1.165, 1.54) is 7.11 Å². The second kappa shape index (κ2) is 2.88. The number of hydrogen-bond acceptors (Lipinski definition) is 3. The van der Waals surface area contributed by atoms with Crippen molar-refractivity contribution >= 4 is 12.3 Å². The number of carbonyl (C=O) groups excluding carboxylic acids is 2. The van der Waals surface area contributed by atoms with Gasteiger partial charge < -0.3 is 9.53 Å². The van der Waals surface area contributed by atoms with Crippen LogP contribution in [0.5, 0.6) is 0 Å². The molecule has 0 aromatic carbocycles. The summed E-state index contributed by atoms with van der Waals surface area (Å²) in [5, 5.41) is 0. The fourth-order valence-electron chi connectivity index (χ4n) is 1.73. The van der Waals surface area contributed by atoms with E-state index in [2.05, 4.69) is 4.74 Å². The maximum atomic E-state index is 11.1. The lowest BCUT2D eigenvalue weighted by Crippen LogP contribution is -2.49. The Morgan fingerprint density at radius 2 is 2.17 bits per heavy atom. The van der Waals surface area contributed by atoms with Gasteiger partial charge in [-0.25, -0.2) is 0 Å². The van der Waals surface area contributed by atoms with Crippen LogP contribution >= 0.6 is 0 Å². The van der Waals surface area contributed by atoms with Crippen molar-refractivity contribution in [3.63, 3.8) is 0 Å². The Morgan fingerprint density at radius 1 is 1.58 bits per heavy atom. The summed E-state index contributed by atoms with van der Waals surface area (Å²) in [4.78, 5) is 21.6. The lowest BCUT2D eigenvalue weighted by atomic mass is 9.55. The van der Waals surface area contributed by atoms with Gasteiger partial charge in [0.25, 0.3) is 0 Å². The number of rotatable bonds is 2. The molecule has 0 spiro atoms. The predicted octanol–water partition coefficient (Wildman–Crippen LogP) is 1.02. The Balaban J connectivity index is 2.64. The Labute approximate surface area is 72.1 Å². The first-order chi connectivity index (χ1) is 5.54. The zero-order chi connectivity index (χ0) is 9.35. The number of esters is 1. The van der Waals surface area contributed by atoms with Gasteiger partial charge in [0.05, 0.1) is 13.0 Å². The molecule has 0 N–H and O–H groups in total. The molecule has 0 aliphatic heterocycles. The monoisotopic (exact) mass is 170 g/mol. The summed E-state index contributed by atoms with van der Waals surface area (Å²) in [6.07, 6.45) is 1.57. The average molecular weight is 170 g/mol. The number of carbonyl (C=O) groups is 2. The molecule has 3 heteroatoms. The predicted molar refractivity (Wildman–Crippen MR) is 43.5 cm³/mol. The van der Waals surface area contributed by atoms with Gasteiger partial charge in [-0.3, -0.25) is 4.79 Å². The van der Waals surface area contributed by atoms with E-state index in [4.69, 9.17) is 0 Å². The molecule has 0 aromatic heterocycles. The largest absolute Gasteiger partial charge is 0.469 e. The molecule has 0 radical (unpaired) electrons. The van der Waals surface area contributed by atoms with E-state index in [9.17, 15) is 9.59 Å². The van der Waals surface area contributed by atoms with Crippen molar-refractivity contribution in [3.05, 3.63) is 0 Å². The smallest absolute Gasteiger partial charge is 0.309 e. The topological polar surface area (TPSA) is 43.4 Å². The van der Waals surface area contributed by atoms with Crippen molar-refractivity contribution < 1.29 is 14.3 Å². The van der Waals surface area contributed by atoms with Crippen molar-refractivity contribution in [2.45, 2.75) is 20.3 Å². The van der Waals surface area contributed by atoms with Crippen LogP contribution in [0, 0.1) is 17.3 Å². The summed E-state index contributed by atoms with van der Waals surface area (Å²) in [6, 6.07) is 0. The SMILES string of the molecule is COC(=O)[C@H]1C[C@@H](C=O)C1(C)C. The van der Waals surface area contributed by atoms with Crippen LogP contribution in [0.3, 0.4) is 0 Å². The summed E-state index contributed by atoms with van der Waals surface area (Å²) in [5.74, 6) is -0.280. The normalized spacial score (nSPS) is 31.9.